The molecule has 31 heavy (non-hydrogen) atoms. The van der Waals surface area contributed by atoms with Gasteiger partial charge in [0.25, 0.3) is 10.0 Å². The summed E-state index contributed by atoms with van der Waals surface area (Å²) in [4.78, 5) is 13.0. The summed E-state index contributed by atoms with van der Waals surface area (Å²) in [5.74, 6) is -0.401. The van der Waals surface area contributed by atoms with Crippen LogP contribution in [0.25, 0.3) is 0 Å². The fourth-order valence-electron chi connectivity index (χ4n) is 3.27. The number of carbonyl (C=O) groups excluding carboxylic acids is 1. The first-order chi connectivity index (χ1) is 14.7. The van der Waals surface area contributed by atoms with Gasteiger partial charge in [-0.1, -0.05) is 59.6 Å². The van der Waals surface area contributed by atoms with E-state index in [4.69, 9.17) is 11.6 Å². The number of hydrogen-bond donors (Lipinski definition) is 1. The number of anilines is 1. The lowest BCUT2D eigenvalue weighted by Crippen LogP contribution is -2.41. The van der Waals surface area contributed by atoms with Crippen LogP contribution in [-0.2, 0) is 14.8 Å². The Hall–Kier alpha value is -2.83. The van der Waals surface area contributed by atoms with Crippen molar-refractivity contribution in [3.63, 3.8) is 0 Å². The van der Waals surface area contributed by atoms with Crippen molar-refractivity contribution in [3.8, 4) is 0 Å². The second kappa shape index (κ2) is 9.54. The quantitative estimate of drug-likeness (QED) is 0.542. The molecule has 0 saturated heterocycles. The van der Waals surface area contributed by atoms with E-state index < -0.39 is 15.9 Å². The molecule has 0 bridgehead atoms. The van der Waals surface area contributed by atoms with E-state index in [9.17, 15) is 13.2 Å². The summed E-state index contributed by atoms with van der Waals surface area (Å²) in [6.45, 7) is 5.28. The van der Waals surface area contributed by atoms with Crippen molar-refractivity contribution in [3.05, 3.63) is 94.5 Å². The van der Waals surface area contributed by atoms with E-state index in [1.165, 1.54) is 12.1 Å². The lowest BCUT2D eigenvalue weighted by molar-refractivity contribution is -0.120. The summed E-state index contributed by atoms with van der Waals surface area (Å²) >= 11 is 6.06. The van der Waals surface area contributed by atoms with Gasteiger partial charge in [-0.25, -0.2) is 8.42 Å². The lowest BCUT2D eigenvalue weighted by Gasteiger charge is -2.26. The predicted molar refractivity (Wildman–Crippen MR) is 125 cm³/mol. The van der Waals surface area contributed by atoms with Crippen LogP contribution in [0.1, 0.15) is 29.7 Å². The molecule has 3 aromatic rings. The average molecular weight is 457 g/mol. The van der Waals surface area contributed by atoms with Crippen LogP contribution in [0.4, 0.5) is 5.69 Å². The molecule has 0 aromatic heterocycles. The maximum atomic E-state index is 13.4. The molecule has 1 N–H and O–H groups in total. The second-order valence-corrected chi connectivity index (χ2v) is 9.75. The minimum Gasteiger partial charge on any atom is -0.348 e. The molecule has 1 amide bonds. The van der Waals surface area contributed by atoms with Gasteiger partial charge in [0, 0.05) is 5.02 Å². The summed E-state index contributed by atoms with van der Waals surface area (Å²) in [6, 6.07) is 20.6. The molecule has 0 saturated carbocycles. The fourth-order valence-corrected chi connectivity index (χ4v) is 5.01. The minimum absolute atomic E-state index is 0.115. The van der Waals surface area contributed by atoms with Crippen molar-refractivity contribution in [2.75, 3.05) is 10.8 Å². The minimum atomic E-state index is -3.96. The van der Waals surface area contributed by atoms with Gasteiger partial charge in [-0.05, 0) is 62.2 Å². The van der Waals surface area contributed by atoms with Crippen LogP contribution in [0.2, 0.25) is 5.02 Å². The predicted octanol–water partition coefficient (Wildman–Crippen LogP) is 5.03. The van der Waals surface area contributed by atoms with Crippen molar-refractivity contribution in [2.45, 2.75) is 31.7 Å². The van der Waals surface area contributed by atoms with Gasteiger partial charge in [0.1, 0.15) is 6.54 Å². The first-order valence-corrected chi connectivity index (χ1v) is 11.7. The standard InChI is InChI=1S/C24H25ClN2O3S/c1-17-9-11-20(12-10-17)19(3)26-24(28)16-27(23-14-13-21(25)15-18(23)2)31(29,30)22-7-5-4-6-8-22/h4-15,19H,16H2,1-3H3,(H,26,28)/t19-/m1/s1. The number of sulfonamides is 1. The third-order valence-corrected chi connectivity index (χ3v) is 7.01. The highest BCUT2D eigenvalue weighted by Gasteiger charge is 2.28. The molecule has 0 aliphatic rings. The molecule has 0 spiro atoms. The van der Waals surface area contributed by atoms with Gasteiger partial charge in [0.15, 0.2) is 0 Å². The molecule has 5 nitrogen and oxygen atoms in total. The van der Waals surface area contributed by atoms with Gasteiger partial charge in [-0.15, -0.1) is 0 Å². The van der Waals surface area contributed by atoms with Crippen LogP contribution >= 0.6 is 11.6 Å². The number of benzene rings is 3. The number of carbonyl (C=O) groups is 1. The molecular weight excluding hydrogens is 432 g/mol. The lowest BCUT2D eigenvalue weighted by atomic mass is 10.1. The Morgan fingerprint density at radius 3 is 2.26 bits per heavy atom. The molecule has 7 heteroatoms. The van der Waals surface area contributed by atoms with Crippen molar-refractivity contribution in [1.29, 1.82) is 0 Å². The second-order valence-electron chi connectivity index (χ2n) is 7.46. The van der Waals surface area contributed by atoms with E-state index in [1.54, 1.807) is 43.3 Å². The van der Waals surface area contributed by atoms with Gasteiger partial charge in [0.2, 0.25) is 5.91 Å². The van der Waals surface area contributed by atoms with Crippen molar-refractivity contribution in [2.24, 2.45) is 0 Å². The molecule has 0 aliphatic heterocycles. The number of hydrogen-bond acceptors (Lipinski definition) is 3. The van der Waals surface area contributed by atoms with Gasteiger partial charge >= 0.3 is 0 Å². The van der Waals surface area contributed by atoms with Crippen molar-refractivity contribution >= 4 is 33.2 Å². The van der Waals surface area contributed by atoms with Crippen LogP contribution in [0, 0.1) is 13.8 Å². The number of nitrogens with zero attached hydrogens (tertiary/aromatic N) is 1. The van der Waals surface area contributed by atoms with E-state index in [-0.39, 0.29) is 17.5 Å². The van der Waals surface area contributed by atoms with Crippen LogP contribution < -0.4 is 9.62 Å². The summed E-state index contributed by atoms with van der Waals surface area (Å²) in [7, 11) is -3.96. The van der Waals surface area contributed by atoms with Crippen LogP contribution in [-0.4, -0.2) is 20.9 Å². The summed E-state index contributed by atoms with van der Waals surface area (Å²) in [5.41, 5.74) is 3.14. The topological polar surface area (TPSA) is 66.5 Å². The molecule has 1 atom stereocenters. The normalized spacial score (nSPS) is 12.3. The van der Waals surface area contributed by atoms with E-state index in [0.717, 1.165) is 15.4 Å². The Morgan fingerprint density at radius 2 is 1.65 bits per heavy atom. The van der Waals surface area contributed by atoms with Gasteiger partial charge in [-0.3, -0.25) is 9.10 Å². The number of nitrogens with one attached hydrogen (secondary N) is 1. The molecule has 0 radical (unpaired) electrons. The summed E-state index contributed by atoms with van der Waals surface area (Å²) in [6.07, 6.45) is 0. The Kier molecular flexibility index (Phi) is 7.03. The van der Waals surface area contributed by atoms with Crippen molar-refractivity contribution in [1.82, 2.24) is 5.32 Å². The molecule has 3 rings (SSSR count). The molecule has 3 aromatic carbocycles. The van der Waals surface area contributed by atoms with E-state index in [1.807, 2.05) is 38.1 Å². The number of halogens is 1. The highest BCUT2D eigenvalue weighted by atomic mass is 35.5. The first-order valence-electron chi connectivity index (χ1n) is 9.88. The third-order valence-electron chi connectivity index (χ3n) is 5.00. The Bertz CT molecular complexity index is 1160. The molecule has 0 aliphatic carbocycles. The Morgan fingerprint density at radius 1 is 1.00 bits per heavy atom. The van der Waals surface area contributed by atoms with Gasteiger partial charge in [0.05, 0.1) is 16.6 Å². The monoisotopic (exact) mass is 456 g/mol. The van der Waals surface area contributed by atoms with Gasteiger partial charge in [-0.2, -0.15) is 0 Å². The number of amides is 1. The molecule has 0 unspecified atom stereocenters. The highest BCUT2D eigenvalue weighted by molar-refractivity contribution is 7.92. The Balaban J connectivity index is 1.91. The smallest absolute Gasteiger partial charge is 0.264 e. The summed E-state index contributed by atoms with van der Waals surface area (Å²) in [5, 5.41) is 3.40. The highest BCUT2D eigenvalue weighted by Crippen LogP contribution is 2.29. The first kappa shape index (κ1) is 22.8. The number of aryl methyl sites for hydroxylation is 2. The maximum Gasteiger partial charge on any atom is 0.264 e. The van der Waals surface area contributed by atoms with Gasteiger partial charge < -0.3 is 5.32 Å². The molecule has 0 fully saturated rings. The summed E-state index contributed by atoms with van der Waals surface area (Å²) < 4.78 is 28.0. The van der Waals surface area contributed by atoms with E-state index in [2.05, 4.69) is 5.32 Å². The molecule has 0 heterocycles. The SMILES string of the molecule is Cc1ccc([C@@H](C)NC(=O)CN(c2ccc(Cl)cc2C)S(=O)(=O)c2ccccc2)cc1. The van der Waals surface area contributed by atoms with Crippen LogP contribution in [0.5, 0.6) is 0 Å². The van der Waals surface area contributed by atoms with Crippen LogP contribution in [0.3, 0.4) is 0 Å². The van der Waals surface area contributed by atoms with Crippen molar-refractivity contribution < 1.29 is 13.2 Å². The van der Waals surface area contributed by atoms with E-state index >= 15 is 0 Å². The third kappa shape index (κ3) is 5.46. The van der Waals surface area contributed by atoms with E-state index in [0.29, 0.717) is 16.3 Å². The fraction of sp³-hybridized carbons (Fsp3) is 0.208. The average Bonchev–Trinajstić information content (AvgIpc) is 2.73. The molecule has 162 valence electrons. The molecular formula is C24H25ClN2O3S. The van der Waals surface area contributed by atoms with Crippen LogP contribution in [0.15, 0.2) is 77.7 Å². The zero-order valence-electron chi connectivity index (χ0n) is 17.7. The maximum absolute atomic E-state index is 13.4. The zero-order valence-corrected chi connectivity index (χ0v) is 19.2. The Labute approximate surface area is 188 Å². The zero-order chi connectivity index (χ0) is 22.6. The largest absolute Gasteiger partial charge is 0.348 e. The number of rotatable bonds is 7.